The average Bonchev–Trinajstić information content (AvgIpc) is 3.37. The van der Waals surface area contributed by atoms with Crippen molar-refractivity contribution in [3.8, 4) is 5.75 Å². The van der Waals surface area contributed by atoms with Crippen molar-refractivity contribution < 1.29 is 19.0 Å². The summed E-state index contributed by atoms with van der Waals surface area (Å²) in [7, 11) is 1.64. The largest absolute Gasteiger partial charge is 0.497 e. The van der Waals surface area contributed by atoms with E-state index >= 15 is 0 Å². The van der Waals surface area contributed by atoms with Crippen LogP contribution in [0.2, 0.25) is 0 Å². The van der Waals surface area contributed by atoms with E-state index in [-0.39, 0.29) is 12.6 Å². The van der Waals surface area contributed by atoms with Crippen LogP contribution in [0.25, 0.3) is 0 Å². The lowest BCUT2D eigenvalue weighted by Crippen LogP contribution is -2.35. The third kappa shape index (κ3) is 4.25. The maximum absolute atomic E-state index is 12.8. The van der Waals surface area contributed by atoms with Gasteiger partial charge in [0.05, 0.1) is 32.3 Å². The number of hydrogen-bond donors (Lipinski definition) is 0. The molecule has 6 heteroatoms. The highest BCUT2D eigenvalue weighted by atomic mass is 16.6. The van der Waals surface area contributed by atoms with E-state index in [9.17, 15) is 4.79 Å². The van der Waals surface area contributed by atoms with Crippen molar-refractivity contribution in [3.05, 3.63) is 48.3 Å². The molecule has 1 saturated carbocycles. The maximum Gasteiger partial charge on any atom is 0.316 e. The van der Waals surface area contributed by atoms with E-state index in [0.717, 1.165) is 37.0 Å². The first-order valence-electron chi connectivity index (χ1n) is 9.11. The van der Waals surface area contributed by atoms with Gasteiger partial charge in [-0.3, -0.25) is 9.48 Å². The molecule has 0 bridgehead atoms. The Labute approximate surface area is 154 Å². The highest BCUT2D eigenvalue weighted by Gasteiger charge is 2.44. The molecule has 1 fully saturated rings. The Morgan fingerprint density at radius 2 is 1.92 bits per heavy atom. The molecule has 1 aliphatic carbocycles. The number of ether oxygens (including phenoxy) is 3. The average molecular weight is 358 g/mol. The Hall–Kier alpha value is -2.34. The van der Waals surface area contributed by atoms with Crippen LogP contribution >= 0.6 is 0 Å². The number of rotatable bonds is 9. The van der Waals surface area contributed by atoms with E-state index in [1.54, 1.807) is 13.3 Å². The van der Waals surface area contributed by atoms with Gasteiger partial charge in [0.15, 0.2) is 0 Å². The number of methoxy groups -OCH3 is 1. The number of nitrogens with zero attached hydrogens (tertiary/aromatic N) is 2. The molecule has 0 spiro atoms. The fourth-order valence-corrected chi connectivity index (χ4v) is 3.52. The Kier molecular flexibility index (Phi) is 6.28. The molecule has 1 heterocycles. The summed E-state index contributed by atoms with van der Waals surface area (Å²) in [6, 6.07) is 9.64. The first-order chi connectivity index (χ1) is 12.7. The number of aromatic nitrogens is 2. The summed E-state index contributed by atoms with van der Waals surface area (Å²) in [6.07, 6.45) is 7.38. The first-order valence-corrected chi connectivity index (χ1v) is 9.11. The lowest BCUT2D eigenvalue weighted by molar-refractivity contribution is -0.152. The minimum absolute atomic E-state index is 0.143. The molecule has 0 N–H and O–H groups in total. The van der Waals surface area contributed by atoms with Gasteiger partial charge in [-0.1, -0.05) is 25.0 Å². The van der Waals surface area contributed by atoms with Gasteiger partial charge >= 0.3 is 5.97 Å². The van der Waals surface area contributed by atoms with Crippen LogP contribution in [-0.4, -0.2) is 42.7 Å². The molecule has 0 unspecified atom stereocenters. The fraction of sp³-hybridized carbons (Fsp3) is 0.500. The zero-order valence-corrected chi connectivity index (χ0v) is 15.2. The second-order valence-electron chi connectivity index (χ2n) is 6.54. The van der Waals surface area contributed by atoms with Crippen LogP contribution in [0, 0.1) is 0 Å². The summed E-state index contributed by atoms with van der Waals surface area (Å²) in [5, 5.41) is 4.11. The fourth-order valence-electron chi connectivity index (χ4n) is 3.52. The van der Waals surface area contributed by atoms with Gasteiger partial charge in [0.2, 0.25) is 0 Å². The Morgan fingerprint density at radius 3 is 2.58 bits per heavy atom. The lowest BCUT2D eigenvalue weighted by Gasteiger charge is -2.27. The zero-order chi connectivity index (χ0) is 18.2. The second kappa shape index (κ2) is 8.85. The Morgan fingerprint density at radius 1 is 1.15 bits per heavy atom. The standard InChI is InChI=1S/C20H26N2O4/c1-24-18-7-5-17(6-8-18)20(9-2-3-10-20)19(23)26-16-15-25-14-13-22-12-4-11-21-22/h4-8,11-12H,2-3,9-10,13-16H2,1H3. The molecule has 26 heavy (non-hydrogen) atoms. The number of hydrogen-bond acceptors (Lipinski definition) is 5. The van der Waals surface area contributed by atoms with Crippen LogP contribution < -0.4 is 4.74 Å². The molecule has 3 rings (SSSR count). The summed E-state index contributed by atoms with van der Waals surface area (Å²) < 4.78 is 18.1. The minimum atomic E-state index is -0.526. The summed E-state index contributed by atoms with van der Waals surface area (Å²) in [4.78, 5) is 12.8. The highest BCUT2D eigenvalue weighted by Crippen LogP contribution is 2.42. The number of benzene rings is 1. The maximum atomic E-state index is 12.8. The molecule has 1 aliphatic rings. The third-order valence-electron chi connectivity index (χ3n) is 4.98. The second-order valence-corrected chi connectivity index (χ2v) is 6.54. The number of carbonyl (C=O) groups is 1. The van der Waals surface area contributed by atoms with Crippen molar-refractivity contribution in [2.24, 2.45) is 0 Å². The Bertz CT molecular complexity index is 676. The van der Waals surface area contributed by atoms with Gasteiger partial charge in [0.1, 0.15) is 12.4 Å². The van der Waals surface area contributed by atoms with Gasteiger partial charge in [0, 0.05) is 12.4 Å². The quantitative estimate of drug-likeness (QED) is 0.509. The van der Waals surface area contributed by atoms with Gasteiger partial charge in [-0.05, 0) is 36.6 Å². The molecular formula is C20H26N2O4. The normalized spacial score (nSPS) is 15.7. The predicted octanol–water partition coefficient (Wildman–Crippen LogP) is 2.96. The summed E-state index contributed by atoms with van der Waals surface area (Å²) in [6.45, 7) is 1.90. The van der Waals surface area contributed by atoms with Crippen molar-refractivity contribution in [1.82, 2.24) is 9.78 Å². The van der Waals surface area contributed by atoms with Crippen molar-refractivity contribution in [3.63, 3.8) is 0 Å². The molecule has 0 amide bonds. The van der Waals surface area contributed by atoms with E-state index < -0.39 is 5.41 Å². The summed E-state index contributed by atoms with van der Waals surface area (Å²) in [5.41, 5.74) is 0.488. The van der Waals surface area contributed by atoms with Crippen molar-refractivity contribution in [1.29, 1.82) is 0 Å². The van der Waals surface area contributed by atoms with Crippen molar-refractivity contribution >= 4 is 5.97 Å². The first kappa shape index (κ1) is 18.5. The van der Waals surface area contributed by atoms with E-state index in [1.807, 2.05) is 41.2 Å². The summed E-state index contributed by atoms with van der Waals surface area (Å²) >= 11 is 0. The molecule has 2 aromatic rings. The Balaban J connectivity index is 1.48. The van der Waals surface area contributed by atoms with Gasteiger partial charge < -0.3 is 14.2 Å². The molecule has 0 saturated heterocycles. The smallest absolute Gasteiger partial charge is 0.316 e. The van der Waals surface area contributed by atoms with Crippen molar-refractivity contribution in [2.75, 3.05) is 26.9 Å². The van der Waals surface area contributed by atoms with E-state index in [0.29, 0.717) is 19.8 Å². The van der Waals surface area contributed by atoms with E-state index in [2.05, 4.69) is 5.10 Å². The van der Waals surface area contributed by atoms with Gasteiger partial charge in [-0.25, -0.2) is 0 Å². The summed E-state index contributed by atoms with van der Waals surface area (Å²) in [5.74, 6) is 0.650. The van der Waals surface area contributed by atoms with E-state index in [1.165, 1.54) is 0 Å². The number of esters is 1. The molecule has 6 nitrogen and oxygen atoms in total. The topological polar surface area (TPSA) is 62.6 Å². The van der Waals surface area contributed by atoms with Gasteiger partial charge in [-0.2, -0.15) is 5.10 Å². The predicted molar refractivity (Wildman–Crippen MR) is 97.1 cm³/mol. The monoisotopic (exact) mass is 358 g/mol. The molecule has 140 valence electrons. The van der Waals surface area contributed by atoms with Crippen LogP contribution in [-0.2, 0) is 26.2 Å². The SMILES string of the molecule is COc1ccc(C2(C(=O)OCCOCCn3cccn3)CCCC2)cc1. The van der Waals surface area contributed by atoms with Gasteiger partial charge in [0.25, 0.3) is 0 Å². The van der Waals surface area contributed by atoms with Crippen LogP contribution in [0.1, 0.15) is 31.2 Å². The van der Waals surface area contributed by atoms with Crippen LogP contribution in [0.5, 0.6) is 5.75 Å². The highest BCUT2D eigenvalue weighted by molar-refractivity contribution is 5.83. The van der Waals surface area contributed by atoms with Crippen molar-refractivity contribution in [2.45, 2.75) is 37.6 Å². The van der Waals surface area contributed by atoms with Crippen LogP contribution in [0.3, 0.4) is 0 Å². The van der Waals surface area contributed by atoms with Gasteiger partial charge in [-0.15, -0.1) is 0 Å². The molecule has 0 aliphatic heterocycles. The number of carbonyl (C=O) groups excluding carboxylic acids is 1. The third-order valence-corrected chi connectivity index (χ3v) is 4.98. The molecular weight excluding hydrogens is 332 g/mol. The lowest BCUT2D eigenvalue weighted by atomic mass is 9.79. The van der Waals surface area contributed by atoms with Crippen LogP contribution in [0.15, 0.2) is 42.7 Å². The molecule has 0 atom stereocenters. The van der Waals surface area contributed by atoms with E-state index in [4.69, 9.17) is 14.2 Å². The minimum Gasteiger partial charge on any atom is -0.497 e. The molecule has 0 radical (unpaired) electrons. The molecule has 1 aromatic carbocycles. The van der Waals surface area contributed by atoms with Crippen LogP contribution in [0.4, 0.5) is 0 Å². The zero-order valence-electron chi connectivity index (χ0n) is 15.2. The molecule has 1 aromatic heterocycles.